The van der Waals surface area contributed by atoms with Gasteiger partial charge in [-0.25, -0.2) is 4.98 Å². The first kappa shape index (κ1) is 10.8. The Balaban J connectivity index is 2.05. The molecule has 0 radical (unpaired) electrons. The first-order valence-corrected chi connectivity index (χ1v) is 5.39. The highest BCUT2D eigenvalue weighted by Crippen LogP contribution is 2.15. The fraction of sp³-hybridized carbons (Fsp3) is 0.333. The lowest BCUT2D eigenvalue weighted by Crippen LogP contribution is -2.09. The molecule has 4 nitrogen and oxygen atoms in total. The molecule has 0 fully saturated rings. The Morgan fingerprint density at radius 3 is 2.62 bits per heavy atom. The van der Waals surface area contributed by atoms with Crippen LogP contribution in [0.3, 0.4) is 0 Å². The molecule has 0 amide bonds. The van der Waals surface area contributed by atoms with Crippen LogP contribution in [0.2, 0.25) is 0 Å². The van der Waals surface area contributed by atoms with Crippen molar-refractivity contribution in [2.45, 2.75) is 26.0 Å². The third-order valence-corrected chi connectivity index (χ3v) is 2.60. The Morgan fingerprint density at radius 1 is 1.31 bits per heavy atom. The number of rotatable bonds is 4. The predicted molar refractivity (Wildman–Crippen MR) is 60.8 cm³/mol. The van der Waals surface area contributed by atoms with Gasteiger partial charge in [0, 0.05) is 0 Å². The van der Waals surface area contributed by atoms with Gasteiger partial charge in [-0.15, -0.1) is 0 Å². The summed E-state index contributed by atoms with van der Waals surface area (Å²) in [5.41, 5.74) is 2.18. The maximum absolute atomic E-state index is 9.97. The maximum Gasteiger partial charge on any atom is 0.137 e. The van der Waals surface area contributed by atoms with Crippen LogP contribution in [0, 0.1) is 0 Å². The molecular formula is C12H15N3O. The van der Waals surface area contributed by atoms with E-state index >= 15 is 0 Å². The van der Waals surface area contributed by atoms with Gasteiger partial charge in [-0.05, 0) is 17.5 Å². The molecule has 1 unspecified atom stereocenters. The monoisotopic (exact) mass is 217 g/mol. The van der Waals surface area contributed by atoms with E-state index in [-0.39, 0.29) is 0 Å². The molecule has 0 spiro atoms. The first-order chi connectivity index (χ1) is 7.79. The van der Waals surface area contributed by atoms with Crippen molar-refractivity contribution in [3.05, 3.63) is 48.0 Å². The van der Waals surface area contributed by atoms with Crippen LogP contribution in [-0.2, 0) is 13.0 Å². The Bertz CT molecular complexity index is 422. The molecule has 1 aromatic carbocycles. The number of aliphatic hydroxyl groups is 1. The van der Waals surface area contributed by atoms with Gasteiger partial charge in [0.15, 0.2) is 0 Å². The number of hydrogen-bond acceptors (Lipinski definition) is 3. The zero-order valence-electron chi connectivity index (χ0n) is 9.24. The normalized spacial score (nSPS) is 12.6. The minimum absolute atomic E-state index is 0.436. The highest BCUT2D eigenvalue weighted by molar-refractivity contribution is 5.23. The van der Waals surface area contributed by atoms with Crippen molar-refractivity contribution in [3.8, 4) is 0 Å². The minimum atomic E-state index is -0.535. The van der Waals surface area contributed by atoms with Crippen LogP contribution in [0.5, 0.6) is 0 Å². The first-order valence-electron chi connectivity index (χ1n) is 5.39. The average Bonchev–Trinajstić information content (AvgIpc) is 2.82. The SMILES string of the molecule is CCc1ccc(C(O)Cn2cncn2)cc1. The molecule has 1 aromatic heterocycles. The van der Waals surface area contributed by atoms with Gasteiger partial charge in [0.2, 0.25) is 0 Å². The van der Waals surface area contributed by atoms with Gasteiger partial charge in [-0.2, -0.15) is 5.10 Å². The molecule has 1 atom stereocenters. The summed E-state index contributed by atoms with van der Waals surface area (Å²) in [5, 5.41) is 13.9. The summed E-state index contributed by atoms with van der Waals surface area (Å²) >= 11 is 0. The molecule has 4 heteroatoms. The van der Waals surface area contributed by atoms with Crippen LogP contribution >= 0.6 is 0 Å². The predicted octanol–water partition coefficient (Wildman–Crippen LogP) is 1.57. The summed E-state index contributed by atoms with van der Waals surface area (Å²) in [4.78, 5) is 3.84. The van der Waals surface area contributed by atoms with Crippen LogP contribution in [0.4, 0.5) is 0 Å². The van der Waals surface area contributed by atoms with Crippen molar-refractivity contribution in [1.82, 2.24) is 14.8 Å². The smallest absolute Gasteiger partial charge is 0.137 e. The Hall–Kier alpha value is -1.68. The van der Waals surface area contributed by atoms with E-state index in [4.69, 9.17) is 0 Å². The number of aromatic nitrogens is 3. The Labute approximate surface area is 94.6 Å². The second-order valence-corrected chi connectivity index (χ2v) is 3.73. The van der Waals surface area contributed by atoms with Gasteiger partial charge >= 0.3 is 0 Å². The van der Waals surface area contributed by atoms with Gasteiger partial charge < -0.3 is 5.11 Å². The molecular weight excluding hydrogens is 202 g/mol. The molecule has 0 saturated heterocycles. The van der Waals surface area contributed by atoms with E-state index in [0.29, 0.717) is 6.54 Å². The second-order valence-electron chi connectivity index (χ2n) is 3.73. The van der Waals surface area contributed by atoms with Gasteiger partial charge in [-0.1, -0.05) is 31.2 Å². The number of hydrogen-bond donors (Lipinski definition) is 1. The van der Waals surface area contributed by atoms with E-state index in [0.717, 1.165) is 12.0 Å². The summed E-state index contributed by atoms with van der Waals surface area (Å²) in [7, 11) is 0. The van der Waals surface area contributed by atoms with Crippen molar-refractivity contribution in [2.75, 3.05) is 0 Å². The second kappa shape index (κ2) is 4.90. The van der Waals surface area contributed by atoms with E-state index in [1.54, 1.807) is 11.0 Å². The highest BCUT2D eigenvalue weighted by atomic mass is 16.3. The van der Waals surface area contributed by atoms with Crippen molar-refractivity contribution in [3.63, 3.8) is 0 Å². The molecule has 2 rings (SSSR count). The molecule has 2 aromatic rings. The lowest BCUT2D eigenvalue weighted by Gasteiger charge is -2.11. The number of aliphatic hydroxyl groups excluding tert-OH is 1. The fourth-order valence-corrected chi connectivity index (χ4v) is 1.59. The summed E-state index contributed by atoms with van der Waals surface area (Å²) in [6.45, 7) is 2.55. The molecule has 0 aliphatic heterocycles. The van der Waals surface area contributed by atoms with Crippen LogP contribution in [0.25, 0.3) is 0 Å². The molecule has 84 valence electrons. The zero-order valence-corrected chi connectivity index (χ0v) is 9.24. The average molecular weight is 217 g/mol. The summed E-state index contributed by atoms with van der Waals surface area (Å²) in [6.07, 6.45) is 3.54. The summed E-state index contributed by atoms with van der Waals surface area (Å²) in [5.74, 6) is 0. The lowest BCUT2D eigenvalue weighted by molar-refractivity contribution is 0.151. The van der Waals surface area contributed by atoms with Gasteiger partial charge in [-0.3, -0.25) is 4.68 Å². The minimum Gasteiger partial charge on any atom is -0.386 e. The van der Waals surface area contributed by atoms with E-state index in [1.807, 2.05) is 24.3 Å². The third-order valence-electron chi connectivity index (χ3n) is 2.60. The molecule has 1 heterocycles. The van der Waals surface area contributed by atoms with E-state index in [1.165, 1.54) is 11.9 Å². The molecule has 0 aliphatic carbocycles. The van der Waals surface area contributed by atoms with Gasteiger partial charge in [0.25, 0.3) is 0 Å². The van der Waals surface area contributed by atoms with E-state index in [2.05, 4.69) is 17.0 Å². The lowest BCUT2D eigenvalue weighted by atomic mass is 10.1. The van der Waals surface area contributed by atoms with Crippen molar-refractivity contribution < 1.29 is 5.11 Å². The zero-order chi connectivity index (χ0) is 11.4. The molecule has 0 bridgehead atoms. The van der Waals surface area contributed by atoms with Crippen molar-refractivity contribution in [1.29, 1.82) is 0 Å². The van der Waals surface area contributed by atoms with Gasteiger partial charge in [0.05, 0.1) is 12.6 Å². The number of benzene rings is 1. The summed E-state index contributed by atoms with van der Waals surface area (Å²) < 4.78 is 1.62. The standard InChI is InChI=1S/C12H15N3O/c1-2-10-3-5-11(6-4-10)12(16)7-15-9-13-8-14-15/h3-6,8-9,12,16H,2,7H2,1H3. The number of aryl methyl sites for hydroxylation is 1. The van der Waals surface area contributed by atoms with E-state index < -0.39 is 6.10 Å². The van der Waals surface area contributed by atoms with E-state index in [9.17, 15) is 5.11 Å². The third kappa shape index (κ3) is 2.46. The fourth-order valence-electron chi connectivity index (χ4n) is 1.59. The molecule has 0 saturated carbocycles. The van der Waals surface area contributed by atoms with Gasteiger partial charge in [0.1, 0.15) is 12.7 Å². The van der Waals surface area contributed by atoms with Crippen molar-refractivity contribution in [2.24, 2.45) is 0 Å². The highest BCUT2D eigenvalue weighted by Gasteiger charge is 2.08. The quantitative estimate of drug-likeness (QED) is 0.845. The number of nitrogens with zero attached hydrogens (tertiary/aromatic N) is 3. The topological polar surface area (TPSA) is 50.9 Å². The molecule has 16 heavy (non-hydrogen) atoms. The van der Waals surface area contributed by atoms with Crippen LogP contribution < -0.4 is 0 Å². The largest absolute Gasteiger partial charge is 0.386 e. The van der Waals surface area contributed by atoms with Crippen LogP contribution in [-0.4, -0.2) is 19.9 Å². The van der Waals surface area contributed by atoms with Crippen molar-refractivity contribution >= 4 is 0 Å². The summed E-state index contributed by atoms with van der Waals surface area (Å²) in [6, 6.07) is 8.00. The Kier molecular flexibility index (Phi) is 3.31. The van der Waals surface area contributed by atoms with Crippen LogP contribution in [0.15, 0.2) is 36.9 Å². The molecule has 0 aliphatic rings. The maximum atomic E-state index is 9.97. The van der Waals surface area contributed by atoms with Crippen LogP contribution in [0.1, 0.15) is 24.2 Å². The Morgan fingerprint density at radius 2 is 2.06 bits per heavy atom. The molecule has 1 N–H and O–H groups in total.